The Balaban J connectivity index is 3.26. The highest BCUT2D eigenvalue weighted by atomic mass is 32.2. The summed E-state index contributed by atoms with van der Waals surface area (Å²) in [6.07, 6.45) is 0.0185. The summed E-state index contributed by atoms with van der Waals surface area (Å²) in [5.74, 6) is 1.34. The number of rotatable bonds is 4. The first-order valence-corrected chi connectivity index (χ1v) is 4.59. The van der Waals surface area contributed by atoms with Gasteiger partial charge in [0.1, 0.15) is 0 Å². The van der Waals surface area contributed by atoms with E-state index in [1.54, 1.807) is 11.8 Å². The van der Waals surface area contributed by atoms with Crippen LogP contribution in [-0.4, -0.2) is 23.6 Å². The summed E-state index contributed by atoms with van der Waals surface area (Å²) in [6.45, 7) is 5.73. The molecule has 0 saturated heterocycles. The molecule has 0 unspecified atom stereocenters. The van der Waals surface area contributed by atoms with Crippen molar-refractivity contribution in [2.45, 2.75) is 26.9 Å². The standard InChI is InChI=1S/C7H14O2S/c1-4-10-5-7(8)9-6(2)3/h6H,4-5H2,1-3H3. The van der Waals surface area contributed by atoms with E-state index in [0.717, 1.165) is 5.75 Å². The van der Waals surface area contributed by atoms with Crippen LogP contribution in [0.15, 0.2) is 0 Å². The molecule has 0 atom stereocenters. The highest BCUT2D eigenvalue weighted by molar-refractivity contribution is 7.99. The number of ether oxygens (including phenoxy) is 1. The van der Waals surface area contributed by atoms with Gasteiger partial charge in [-0.1, -0.05) is 6.92 Å². The van der Waals surface area contributed by atoms with Crippen LogP contribution in [0.5, 0.6) is 0 Å². The van der Waals surface area contributed by atoms with Crippen molar-refractivity contribution >= 4 is 17.7 Å². The molecular weight excluding hydrogens is 148 g/mol. The fourth-order valence-electron chi connectivity index (χ4n) is 0.482. The Morgan fingerprint density at radius 3 is 2.60 bits per heavy atom. The van der Waals surface area contributed by atoms with Crippen LogP contribution in [0.1, 0.15) is 20.8 Å². The predicted octanol–water partition coefficient (Wildman–Crippen LogP) is 1.69. The topological polar surface area (TPSA) is 26.3 Å². The number of carbonyl (C=O) groups excluding carboxylic acids is 1. The maximum absolute atomic E-state index is 10.8. The molecule has 0 spiro atoms. The molecule has 0 aliphatic rings. The lowest BCUT2D eigenvalue weighted by Crippen LogP contribution is -2.13. The third-order valence-electron chi connectivity index (χ3n) is 0.791. The molecule has 3 heteroatoms. The van der Waals surface area contributed by atoms with Crippen LogP contribution in [-0.2, 0) is 9.53 Å². The minimum Gasteiger partial charge on any atom is -0.462 e. The molecular formula is C7H14O2S. The molecule has 0 aromatic carbocycles. The van der Waals surface area contributed by atoms with E-state index in [9.17, 15) is 4.79 Å². The van der Waals surface area contributed by atoms with E-state index in [0.29, 0.717) is 5.75 Å². The monoisotopic (exact) mass is 162 g/mol. The molecule has 0 aliphatic heterocycles. The van der Waals surface area contributed by atoms with Crippen molar-refractivity contribution in [2.24, 2.45) is 0 Å². The van der Waals surface area contributed by atoms with Crippen LogP contribution in [0.25, 0.3) is 0 Å². The van der Waals surface area contributed by atoms with Crippen molar-refractivity contribution < 1.29 is 9.53 Å². The van der Waals surface area contributed by atoms with Gasteiger partial charge in [-0.2, -0.15) is 11.8 Å². The van der Waals surface area contributed by atoms with Gasteiger partial charge >= 0.3 is 5.97 Å². The van der Waals surface area contributed by atoms with Gasteiger partial charge in [-0.15, -0.1) is 0 Å². The number of hydrogen-bond donors (Lipinski definition) is 0. The summed E-state index contributed by atoms with van der Waals surface area (Å²) < 4.78 is 4.89. The first-order chi connectivity index (χ1) is 4.66. The molecule has 10 heavy (non-hydrogen) atoms. The smallest absolute Gasteiger partial charge is 0.316 e. The maximum Gasteiger partial charge on any atom is 0.316 e. The van der Waals surface area contributed by atoms with Gasteiger partial charge < -0.3 is 4.74 Å². The Labute approximate surface area is 66.3 Å². The summed E-state index contributed by atoms with van der Waals surface area (Å²) in [4.78, 5) is 10.8. The van der Waals surface area contributed by atoms with Gasteiger partial charge in [0.2, 0.25) is 0 Å². The summed E-state index contributed by atoms with van der Waals surface area (Å²) >= 11 is 1.58. The van der Waals surface area contributed by atoms with Gasteiger partial charge in [0.05, 0.1) is 11.9 Å². The summed E-state index contributed by atoms with van der Waals surface area (Å²) in [5.41, 5.74) is 0. The molecule has 0 radical (unpaired) electrons. The van der Waals surface area contributed by atoms with Crippen LogP contribution >= 0.6 is 11.8 Å². The molecule has 0 N–H and O–H groups in total. The molecule has 0 heterocycles. The summed E-state index contributed by atoms with van der Waals surface area (Å²) in [5, 5.41) is 0. The van der Waals surface area contributed by atoms with Crippen molar-refractivity contribution in [3.05, 3.63) is 0 Å². The molecule has 0 rings (SSSR count). The molecule has 0 fully saturated rings. The highest BCUT2D eigenvalue weighted by Gasteiger charge is 2.03. The normalized spacial score (nSPS) is 10.0. The van der Waals surface area contributed by atoms with Crippen LogP contribution in [0, 0.1) is 0 Å². The van der Waals surface area contributed by atoms with Crippen LogP contribution < -0.4 is 0 Å². The van der Waals surface area contributed by atoms with E-state index in [1.165, 1.54) is 0 Å². The van der Waals surface area contributed by atoms with Crippen LogP contribution in [0.3, 0.4) is 0 Å². The highest BCUT2D eigenvalue weighted by Crippen LogP contribution is 2.00. The zero-order valence-electron chi connectivity index (χ0n) is 6.72. The van der Waals surface area contributed by atoms with E-state index in [-0.39, 0.29) is 12.1 Å². The quantitative estimate of drug-likeness (QED) is 0.588. The van der Waals surface area contributed by atoms with E-state index >= 15 is 0 Å². The van der Waals surface area contributed by atoms with Gasteiger partial charge in [-0.05, 0) is 19.6 Å². The Morgan fingerprint density at radius 2 is 2.20 bits per heavy atom. The molecule has 0 saturated carbocycles. The lowest BCUT2D eigenvalue weighted by molar-refractivity contribution is -0.144. The van der Waals surface area contributed by atoms with Crippen molar-refractivity contribution in [2.75, 3.05) is 11.5 Å². The van der Waals surface area contributed by atoms with Crippen LogP contribution in [0.4, 0.5) is 0 Å². The molecule has 0 aromatic heterocycles. The van der Waals surface area contributed by atoms with E-state index in [1.807, 2.05) is 20.8 Å². The average Bonchev–Trinajstić information content (AvgIpc) is 1.82. The van der Waals surface area contributed by atoms with Crippen LogP contribution in [0.2, 0.25) is 0 Å². The maximum atomic E-state index is 10.8. The second-order valence-electron chi connectivity index (χ2n) is 2.18. The number of carbonyl (C=O) groups is 1. The predicted molar refractivity (Wildman–Crippen MR) is 44.2 cm³/mol. The van der Waals surface area contributed by atoms with E-state index in [2.05, 4.69) is 0 Å². The number of hydrogen-bond acceptors (Lipinski definition) is 3. The van der Waals surface area contributed by atoms with E-state index < -0.39 is 0 Å². The lowest BCUT2D eigenvalue weighted by Gasteiger charge is -2.06. The van der Waals surface area contributed by atoms with Crippen molar-refractivity contribution in [1.82, 2.24) is 0 Å². The summed E-state index contributed by atoms with van der Waals surface area (Å²) in [7, 11) is 0. The van der Waals surface area contributed by atoms with Crippen molar-refractivity contribution in [3.63, 3.8) is 0 Å². The molecule has 0 aliphatic carbocycles. The lowest BCUT2D eigenvalue weighted by atomic mass is 10.5. The Hall–Kier alpha value is -0.180. The molecule has 60 valence electrons. The fourth-order valence-corrected chi connectivity index (χ4v) is 0.921. The Kier molecular flexibility index (Phi) is 5.49. The van der Waals surface area contributed by atoms with Crippen molar-refractivity contribution in [3.8, 4) is 0 Å². The third-order valence-corrected chi connectivity index (χ3v) is 1.64. The molecule has 2 nitrogen and oxygen atoms in total. The first kappa shape index (κ1) is 9.82. The average molecular weight is 162 g/mol. The third kappa shape index (κ3) is 5.95. The van der Waals surface area contributed by atoms with Gasteiger partial charge in [0.25, 0.3) is 0 Å². The number of thioether (sulfide) groups is 1. The molecule has 0 bridgehead atoms. The van der Waals surface area contributed by atoms with Gasteiger partial charge in [0, 0.05) is 0 Å². The zero-order chi connectivity index (χ0) is 7.98. The van der Waals surface area contributed by atoms with Gasteiger partial charge in [-0.3, -0.25) is 4.79 Å². The molecule has 0 aromatic rings. The van der Waals surface area contributed by atoms with E-state index in [4.69, 9.17) is 4.74 Å². The zero-order valence-corrected chi connectivity index (χ0v) is 7.53. The minimum atomic E-state index is -0.109. The number of esters is 1. The Bertz CT molecular complexity index is 102. The van der Waals surface area contributed by atoms with Crippen molar-refractivity contribution in [1.29, 1.82) is 0 Å². The fraction of sp³-hybridized carbons (Fsp3) is 0.857. The second kappa shape index (κ2) is 5.59. The Morgan fingerprint density at radius 1 is 1.60 bits per heavy atom. The first-order valence-electron chi connectivity index (χ1n) is 3.44. The van der Waals surface area contributed by atoms with Gasteiger partial charge in [-0.25, -0.2) is 0 Å². The SMILES string of the molecule is CCSCC(=O)OC(C)C. The minimum absolute atomic E-state index is 0.0185. The molecule has 0 amide bonds. The van der Waals surface area contributed by atoms with Gasteiger partial charge in [0.15, 0.2) is 0 Å². The second-order valence-corrected chi connectivity index (χ2v) is 3.45. The largest absolute Gasteiger partial charge is 0.462 e. The summed E-state index contributed by atoms with van der Waals surface area (Å²) in [6, 6.07) is 0.